The molecule has 0 aliphatic heterocycles. The van der Waals surface area contributed by atoms with Crippen molar-refractivity contribution in [1.29, 1.82) is 0 Å². The van der Waals surface area contributed by atoms with Crippen LogP contribution in [0.4, 0.5) is 5.82 Å². The highest BCUT2D eigenvalue weighted by atomic mass is 16.3. The smallest absolute Gasteiger partial charge is 0.134 e. The normalized spacial score (nSPS) is 12.2. The lowest BCUT2D eigenvalue weighted by atomic mass is 10.1. The quantitative estimate of drug-likeness (QED) is 0.687. The number of pyridine rings is 1. The van der Waals surface area contributed by atoms with Crippen molar-refractivity contribution < 1.29 is 10.2 Å². The lowest BCUT2D eigenvalue weighted by Gasteiger charge is -2.18. The number of anilines is 1. The molecule has 1 heterocycles. The van der Waals surface area contributed by atoms with Crippen LogP contribution in [0.25, 0.3) is 10.8 Å². The first-order chi connectivity index (χ1) is 10.3. The molecule has 4 nitrogen and oxygen atoms in total. The Kier molecular flexibility index (Phi) is 3.71. The van der Waals surface area contributed by atoms with Gasteiger partial charge in [-0.3, -0.25) is 0 Å². The van der Waals surface area contributed by atoms with Crippen molar-refractivity contribution in [1.82, 2.24) is 4.98 Å². The Bertz CT molecular complexity index is 744. The lowest BCUT2D eigenvalue weighted by Crippen LogP contribution is -2.15. The number of fused-ring (bicyclic) bond motifs is 1. The van der Waals surface area contributed by atoms with E-state index in [1.54, 1.807) is 18.3 Å². The number of hydrogen-bond donors (Lipinski definition) is 3. The van der Waals surface area contributed by atoms with Gasteiger partial charge in [0, 0.05) is 11.6 Å². The van der Waals surface area contributed by atoms with Crippen molar-refractivity contribution in [2.24, 2.45) is 0 Å². The van der Waals surface area contributed by atoms with Crippen LogP contribution in [0.2, 0.25) is 0 Å². The van der Waals surface area contributed by atoms with E-state index in [2.05, 4.69) is 10.3 Å². The molecule has 0 fully saturated rings. The Labute approximate surface area is 122 Å². The number of aliphatic hydroxyl groups is 1. The molecule has 4 heteroatoms. The largest absolute Gasteiger partial charge is 0.508 e. The molecule has 0 aliphatic carbocycles. The van der Waals surface area contributed by atoms with E-state index in [1.165, 1.54) is 0 Å². The van der Waals surface area contributed by atoms with Gasteiger partial charge in [0.1, 0.15) is 11.6 Å². The number of nitrogens with one attached hydrogen (secondary N) is 1. The highest BCUT2D eigenvalue weighted by Crippen LogP contribution is 2.27. The lowest BCUT2D eigenvalue weighted by molar-refractivity contribution is 0.276. The van der Waals surface area contributed by atoms with Crippen LogP contribution in [0.15, 0.2) is 60.8 Å². The third-order valence-electron chi connectivity index (χ3n) is 3.45. The molecular weight excluding hydrogens is 264 g/mol. The zero-order chi connectivity index (χ0) is 14.7. The number of aromatic hydroxyl groups is 1. The second kappa shape index (κ2) is 5.81. The monoisotopic (exact) mass is 280 g/mol. The van der Waals surface area contributed by atoms with Gasteiger partial charge in [-0.25, -0.2) is 4.98 Å². The molecule has 21 heavy (non-hydrogen) atoms. The van der Waals surface area contributed by atoms with Crippen LogP contribution in [0.5, 0.6) is 5.75 Å². The SMILES string of the molecule is OCC(Nc1nccc2ccc(O)cc12)c1ccccc1. The Morgan fingerprint density at radius 3 is 2.62 bits per heavy atom. The zero-order valence-corrected chi connectivity index (χ0v) is 11.4. The number of aliphatic hydroxyl groups excluding tert-OH is 1. The van der Waals surface area contributed by atoms with Crippen LogP contribution in [0, 0.1) is 0 Å². The topological polar surface area (TPSA) is 65.4 Å². The Balaban J connectivity index is 1.99. The molecule has 0 spiro atoms. The van der Waals surface area contributed by atoms with Crippen LogP contribution in [-0.4, -0.2) is 21.8 Å². The molecule has 0 radical (unpaired) electrons. The van der Waals surface area contributed by atoms with Gasteiger partial charge in [0.15, 0.2) is 0 Å². The highest BCUT2D eigenvalue weighted by Gasteiger charge is 2.12. The van der Waals surface area contributed by atoms with E-state index in [9.17, 15) is 10.2 Å². The molecular formula is C17H16N2O2. The first kappa shape index (κ1) is 13.4. The predicted molar refractivity (Wildman–Crippen MR) is 83.3 cm³/mol. The van der Waals surface area contributed by atoms with Gasteiger partial charge in [-0.15, -0.1) is 0 Å². The highest BCUT2D eigenvalue weighted by molar-refractivity contribution is 5.92. The van der Waals surface area contributed by atoms with Crippen LogP contribution >= 0.6 is 0 Å². The van der Waals surface area contributed by atoms with E-state index >= 15 is 0 Å². The number of phenols is 1. The van der Waals surface area contributed by atoms with Gasteiger partial charge in [0.05, 0.1) is 12.6 Å². The molecule has 1 unspecified atom stereocenters. The number of aromatic nitrogens is 1. The van der Waals surface area contributed by atoms with Crippen molar-refractivity contribution in [3.8, 4) is 5.75 Å². The van der Waals surface area contributed by atoms with E-state index in [0.29, 0.717) is 5.82 Å². The molecule has 3 N–H and O–H groups in total. The first-order valence-corrected chi connectivity index (χ1v) is 6.78. The fourth-order valence-corrected chi connectivity index (χ4v) is 2.36. The van der Waals surface area contributed by atoms with E-state index in [0.717, 1.165) is 16.3 Å². The minimum Gasteiger partial charge on any atom is -0.508 e. The third-order valence-corrected chi connectivity index (χ3v) is 3.45. The molecule has 0 amide bonds. The summed E-state index contributed by atoms with van der Waals surface area (Å²) >= 11 is 0. The Morgan fingerprint density at radius 2 is 1.86 bits per heavy atom. The van der Waals surface area contributed by atoms with Gasteiger partial charge in [-0.2, -0.15) is 0 Å². The maximum atomic E-state index is 9.66. The predicted octanol–water partition coefficient (Wildman–Crippen LogP) is 3.09. The summed E-state index contributed by atoms with van der Waals surface area (Å²) in [4.78, 5) is 4.33. The average molecular weight is 280 g/mol. The molecule has 0 aliphatic rings. The van der Waals surface area contributed by atoms with Crippen molar-refractivity contribution in [2.45, 2.75) is 6.04 Å². The van der Waals surface area contributed by atoms with Crippen LogP contribution in [-0.2, 0) is 0 Å². The van der Waals surface area contributed by atoms with Gasteiger partial charge < -0.3 is 15.5 Å². The summed E-state index contributed by atoms with van der Waals surface area (Å²) in [6.45, 7) is -0.0408. The summed E-state index contributed by atoms with van der Waals surface area (Å²) in [5.41, 5.74) is 0.985. The second-order valence-electron chi connectivity index (χ2n) is 4.86. The zero-order valence-electron chi connectivity index (χ0n) is 11.4. The molecule has 1 atom stereocenters. The number of nitrogens with zero attached hydrogens (tertiary/aromatic N) is 1. The molecule has 0 saturated carbocycles. The molecule has 106 valence electrons. The number of benzene rings is 2. The van der Waals surface area contributed by atoms with Gasteiger partial charge >= 0.3 is 0 Å². The fourth-order valence-electron chi connectivity index (χ4n) is 2.36. The van der Waals surface area contributed by atoms with Crippen molar-refractivity contribution in [3.05, 3.63) is 66.4 Å². The second-order valence-corrected chi connectivity index (χ2v) is 4.86. The Hall–Kier alpha value is -2.59. The summed E-state index contributed by atoms with van der Waals surface area (Å²) in [6.07, 6.45) is 1.71. The molecule has 3 aromatic rings. The van der Waals surface area contributed by atoms with Crippen LogP contribution in [0.3, 0.4) is 0 Å². The summed E-state index contributed by atoms with van der Waals surface area (Å²) in [7, 11) is 0. The van der Waals surface area contributed by atoms with Gasteiger partial charge in [-0.1, -0.05) is 36.4 Å². The van der Waals surface area contributed by atoms with Crippen molar-refractivity contribution in [3.63, 3.8) is 0 Å². The molecule has 0 saturated heterocycles. The van der Waals surface area contributed by atoms with E-state index in [-0.39, 0.29) is 18.4 Å². The molecule has 3 rings (SSSR count). The summed E-state index contributed by atoms with van der Waals surface area (Å²) in [5, 5.41) is 24.3. The van der Waals surface area contributed by atoms with Crippen molar-refractivity contribution >= 4 is 16.6 Å². The number of hydrogen-bond acceptors (Lipinski definition) is 4. The summed E-state index contributed by atoms with van der Waals surface area (Å²) in [5.74, 6) is 0.838. The van der Waals surface area contributed by atoms with Gasteiger partial charge in [-0.05, 0) is 29.1 Å². The summed E-state index contributed by atoms with van der Waals surface area (Å²) < 4.78 is 0. The molecule has 0 bridgehead atoms. The van der Waals surface area contributed by atoms with E-state index in [4.69, 9.17) is 0 Å². The van der Waals surface area contributed by atoms with Gasteiger partial charge in [0.2, 0.25) is 0 Å². The maximum Gasteiger partial charge on any atom is 0.134 e. The number of phenolic OH excluding ortho intramolecular Hbond substituents is 1. The fraction of sp³-hybridized carbons (Fsp3) is 0.118. The minimum absolute atomic E-state index is 0.0408. The first-order valence-electron chi connectivity index (χ1n) is 6.78. The van der Waals surface area contributed by atoms with Crippen molar-refractivity contribution in [2.75, 3.05) is 11.9 Å². The van der Waals surface area contributed by atoms with E-state index < -0.39 is 0 Å². The van der Waals surface area contributed by atoms with Crippen LogP contribution in [0.1, 0.15) is 11.6 Å². The average Bonchev–Trinajstić information content (AvgIpc) is 2.53. The molecule has 1 aromatic heterocycles. The van der Waals surface area contributed by atoms with E-state index in [1.807, 2.05) is 42.5 Å². The van der Waals surface area contributed by atoms with Gasteiger partial charge in [0.25, 0.3) is 0 Å². The summed E-state index contributed by atoms with van der Waals surface area (Å²) in [6, 6.07) is 16.5. The van der Waals surface area contributed by atoms with Crippen LogP contribution < -0.4 is 5.32 Å². The minimum atomic E-state index is -0.244. The number of rotatable bonds is 4. The Morgan fingerprint density at radius 1 is 1.05 bits per heavy atom. The third kappa shape index (κ3) is 2.80. The maximum absolute atomic E-state index is 9.66. The molecule has 2 aromatic carbocycles. The standard InChI is InChI=1S/C17H16N2O2/c20-11-16(13-4-2-1-3-5-13)19-17-15-10-14(21)7-6-12(15)8-9-18-17/h1-10,16,20-21H,11H2,(H,18,19).